The maximum atomic E-state index is 12.9. The molecule has 1 aliphatic rings. The van der Waals surface area contributed by atoms with Gasteiger partial charge < -0.3 is 25.6 Å². The zero-order valence-electron chi connectivity index (χ0n) is 18.9. The minimum absolute atomic E-state index is 0.234. The molecule has 3 rings (SSSR count). The number of carbonyl (C=O) groups excluding carboxylic acids is 2. The summed E-state index contributed by atoms with van der Waals surface area (Å²) in [4.78, 5) is 27.0. The summed E-state index contributed by atoms with van der Waals surface area (Å²) in [5, 5.41) is 9.34. The van der Waals surface area contributed by atoms with Crippen molar-refractivity contribution >= 4 is 56.6 Å². The molecule has 33 heavy (non-hydrogen) atoms. The van der Waals surface area contributed by atoms with Gasteiger partial charge in [-0.05, 0) is 67.0 Å². The van der Waals surface area contributed by atoms with Crippen molar-refractivity contribution in [2.75, 3.05) is 24.3 Å². The van der Waals surface area contributed by atoms with Crippen LogP contribution in [0.3, 0.4) is 0 Å². The minimum Gasteiger partial charge on any atom is -0.462 e. The molecule has 0 aromatic heterocycles. The molecule has 1 aliphatic heterocycles. The van der Waals surface area contributed by atoms with Crippen molar-refractivity contribution in [3.63, 3.8) is 0 Å². The highest BCUT2D eigenvalue weighted by Crippen LogP contribution is 2.31. The van der Waals surface area contributed by atoms with E-state index >= 15 is 0 Å². The normalized spacial score (nSPS) is 15.9. The van der Waals surface area contributed by atoms with Gasteiger partial charge in [-0.2, -0.15) is 0 Å². The van der Waals surface area contributed by atoms with Crippen molar-refractivity contribution < 1.29 is 14.3 Å². The maximum Gasteiger partial charge on any atom is 0.338 e. The standard InChI is InChI=1S/C24H27BrN4O3S/c1-14(2)13-32-22(30)20-15(3)29(4)24(33)28-21(20)16-5-9-18(10-6-16)26-23(31)27-19-11-7-17(25)8-12-19/h5-12,14,21H,13H2,1-4H3,(H,28,33)(H2,26,27,31). The van der Waals surface area contributed by atoms with Crippen molar-refractivity contribution in [1.82, 2.24) is 10.2 Å². The number of allylic oxidation sites excluding steroid dienone is 1. The zero-order chi connectivity index (χ0) is 24.1. The number of amides is 2. The van der Waals surface area contributed by atoms with E-state index in [-0.39, 0.29) is 17.9 Å². The lowest BCUT2D eigenvalue weighted by Gasteiger charge is -2.35. The summed E-state index contributed by atoms with van der Waals surface area (Å²) < 4.78 is 6.45. The second-order valence-corrected chi connectivity index (χ2v) is 9.44. The number of anilines is 2. The SMILES string of the molecule is CC1=C(C(=O)OCC(C)C)C(c2ccc(NC(=O)Nc3ccc(Br)cc3)cc2)NC(=S)N1C. The van der Waals surface area contributed by atoms with E-state index in [1.54, 1.807) is 29.2 Å². The topological polar surface area (TPSA) is 82.7 Å². The van der Waals surface area contributed by atoms with Crippen molar-refractivity contribution in [3.05, 3.63) is 69.8 Å². The predicted molar refractivity (Wildman–Crippen MR) is 138 cm³/mol. The largest absolute Gasteiger partial charge is 0.462 e. The quantitative estimate of drug-likeness (QED) is 0.341. The van der Waals surface area contributed by atoms with Crippen LogP contribution >= 0.6 is 28.1 Å². The van der Waals surface area contributed by atoms with Gasteiger partial charge in [-0.1, -0.05) is 41.9 Å². The van der Waals surface area contributed by atoms with E-state index in [1.165, 1.54) is 0 Å². The molecule has 1 atom stereocenters. The van der Waals surface area contributed by atoms with Gasteiger partial charge >= 0.3 is 12.0 Å². The van der Waals surface area contributed by atoms with E-state index < -0.39 is 6.04 Å². The van der Waals surface area contributed by atoms with E-state index in [2.05, 4.69) is 31.9 Å². The molecule has 9 heteroatoms. The molecule has 7 nitrogen and oxygen atoms in total. The molecule has 0 saturated carbocycles. The number of urea groups is 1. The summed E-state index contributed by atoms with van der Waals surface area (Å²) in [5.41, 5.74) is 3.39. The number of halogens is 1. The number of ether oxygens (including phenoxy) is 1. The van der Waals surface area contributed by atoms with Crippen molar-refractivity contribution in [1.29, 1.82) is 0 Å². The number of nitrogens with zero attached hydrogens (tertiary/aromatic N) is 1. The molecule has 2 amide bonds. The lowest BCUT2D eigenvalue weighted by Crippen LogP contribution is -2.46. The van der Waals surface area contributed by atoms with Crippen LogP contribution in [0.1, 0.15) is 32.4 Å². The van der Waals surface area contributed by atoms with Gasteiger partial charge in [-0.15, -0.1) is 0 Å². The lowest BCUT2D eigenvalue weighted by atomic mass is 9.95. The smallest absolute Gasteiger partial charge is 0.338 e. The Morgan fingerprint density at radius 2 is 1.64 bits per heavy atom. The van der Waals surface area contributed by atoms with Crippen LogP contribution in [0.2, 0.25) is 0 Å². The molecule has 174 valence electrons. The van der Waals surface area contributed by atoms with Crippen molar-refractivity contribution in [3.8, 4) is 0 Å². The van der Waals surface area contributed by atoms with Gasteiger partial charge in [0.05, 0.1) is 18.2 Å². The number of nitrogens with one attached hydrogen (secondary N) is 3. The highest BCUT2D eigenvalue weighted by molar-refractivity contribution is 9.10. The van der Waals surface area contributed by atoms with Crippen LogP contribution in [0.5, 0.6) is 0 Å². The Bertz CT molecular complexity index is 1070. The fraction of sp³-hybridized carbons (Fsp3) is 0.292. The minimum atomic E-state index is -0.445. The van der Waals surface area contributed by atoms with E-state index in [4.69, 9.17) is 17.0 Å². The second-order valence-electron chi connectivity index (χ2n) is 8.14. The van der Waals surface area contributed by atoms with Crippen LogP contribution < -0.4 is 16.0 Å². The number of thiocarbonyl (C=S) groups is 1. The molecule has 0 radical (unpaired) electrons. The molecule has 2 aromatic rings. The molecule has 0 saturated heterocycles. The summed E-state index contributed by atoms with van der Waals surface area (Å²) in [7, 11) is 1.81. The number of esters is 1. The molecule has 0 fully saturated rings. The zero-order valence-corrected chi connectivity index (χ0v) is 21.3. The van der Waals surface area contributed by atoms with Gasteiger partial charge in [0.1, 0.15) is 0 Å². The van der Waals surface area contributed by atoms with Crippen molar-refractivity contribution in [2.24, 2.45) is 5.92 Å². The maximum absolute atomic E-state index is 12.9. The highest BCUT2D eigenvalue weighted by atomic mass is 79.9. The first-order valence-electron chi connectivity index (χ1n) is 10.5. The van der Waals surface area contributed by atoms with Crippen LogP contribution in [-0.2, 0) is 9.53 Å². The molecule has 1 unspecified atom stereocenters. The summed E-state index contributed by atoms with van der Waals surface area (Å²) in [6.45, 7) is 6.18. The van der Waals surface area contributed by atoms with Gasteiger partial charge in [-0.3, -0.25) is 0 Å². The van der Waals surface area contributed by atoms with Crippen LogP contribution in [0, 0.1) is 5.92 Å². The average Bonchev–Trinajstić information content (AvgIpc) is 2.77. The fourth-order valence-corrected chi connectivity index (χ4v) is 3.77. The number of hydrogen-bond donors (Lipinski definition) is 3. The summed E-state index contributed by atoms with van der Waals surface area (Å²) in [6.07, 6.45) is 0. The van der Waals surface area contributed by atoms with Gasteiger partial charge in [0.15, 0.2) is 5.11 Å². The van der Waals surface area contributed by atoms with E-state index in [9.17, 15) is 9.59 Å². The third kappa shape index (κ3) is 6.33. The molecular formula is C24H27BrN4O3S. The van der Waals surface area contributed by atoms with E-state index in [0.29, 0.717) is 28.7 Å². The highest BCUT2D eigenvalue weighted by Gasteiger charge is 2.33. The molecular weight excluding hydrogens is 504 g/mol. The Morgan fingerprint density at radius 1 is 1.09 bits per heavy atom. The molecule has 1 heterocycles. The molecule has 0 spiro atoms. The lowest BCUT2D eigenvalue weighted by molar-refractivity contribution is -0.140. The summed E-state index contributed by atoms with van der Waals surface area (Å²) in [6, 6.07) is 13.8. The Labute approximate surface area is 207 Å². The van der Waals surface area contributed by atoms with Crippen LogP contribution in [0.25, 0.3) is 0 Å². The first kappa shape index (κ1) is 24.7. The summed E-state index contributed by atoms with van der Waals surface area (Å²) in [5.74, 6) is -0.137. The monoisotopic (exact) mass is 530 g/mol. The number of carbonyl (C=O) groups is 2. The molecule has 3 N–H and O–H groups in total. The third-order valence-corrected chi connectivity index (χ3v) is 6.05. The second kappa shape index (κ2) is 10.8. The number of rotatable bonds is 6. The summed E-state index contributed by atoms with van der Waals surface area (Å²) >= 11 is 8.81. The van der Waals surface area contributed by atoms with Crippen molar-refractivity contribution in [2.45, 2.75) is 26.8 Å². The Balaban J connectivity index is 1.75. The Morgan fingerprint density at radius 3 is 2.18 bits per heavy atom. The van der Waals surface area contributed by atoms with Gasteiger partial charge in [0.25, 0.3) is 0 Å². The van der Waals surface area contributed by atoms with Gasteiger partial charge in [0.2, 0.25) is 0 Å². The fourth-order valence-electron chi connectivity index (χ4n) is 3.26. The van der Waals surface area contributed by atoms with Gasteiger partial charge in [-0.25, -0.2) is 9.59 Å². The van der Waals surface area contributed by atoms with E-state index in [1.807, 2.05) is 52.1 Å². The Hall–Kier alpha value is -2.91. The first-order valence-corrected chi connectivity index (χ1v) is 11.7. The van der Waals surface area contributed by atoms with Crippen LogP contribution in [-0.4, -0.2) is 35.7 Å². The first-order chi connectivity index (χ1) is 15.7. The number of hydrogen-bond acceptors (Lipinski definition) is 4. The third-order valence-electron chi connectivity index (χ3n) is 5.13. The predicted octanol–water partition coefficient (Wildman–Crippen LogP) is 5.43. The van der Waals surface area contributed by atoms with Crippen LogP contribution in [0.4, 0.5) is 16.2 Å². The average molecular weight is 531 g/mol. The van der Waals surface area contributed by atoms with Gasteiger partial charge in [0, 0.05) is 28.6 Å². The Kier molecular flexibility index (Phi) is 8.10. The molecule has 0 aliphatic carbocycles. The molecule has 0 bridgehead atoms. The van der Waals surface area contributed by atoms with Crippen LogP contribution in [0.15, 0.2) is 64.3 Å². The van der Waals surface area contributed by atoms with E-state index in [0.717, 1.165) is 15.7 Å². The molecule has 2 aromatic carbocycles. The number of benzene rings is 2.